The van der Waals surface area contributed by atoms with E-state index in [1.807, 2.05) is 50.2 Å². The summed E-state index contributed by atoms with van der Waals surface area (Å²) in [7, 11) is 4.01. The molecule has 1 aromatic heterocycles. The van der Waals surface area contributed by atoms with E-state index in [1.54, 1.807) is 0 Å². The van der Waals surface area contributed by atoms with Crippen molar-refractivity contribution < 1.29 is 0 Å². The fourth-order valence-electron chi connectivity index (χ4n) is 2.18. The standard InChI is InChI=1S/C15H15BrN4/c1-8-6-12-15(13(16)14(8)17)19-11-7-9(20(2)3)4-5-10(11)18-12/h4-7H,17H2,1-3H3. The minimum atomic E-state index is 0.718. The molecule has 0 fully saturated rings. The summed E-state index contributed by atoms with van der Waals surface area (Å²) in [6, 6.07) is 8.05. The molecule has 2 N–H and O–H groups in total. The first-order chi connectivity index (χ1) is 9.47. The smallest absolute Gasteiger partial charge is 0.106 e. The molecule has 20 heavy (non-hydrogen) atoms. The Hall–Kier alpha value is -1.88. The van der Waals surface area contributed by atoms with E-state index in [4.69, 9.17) is 10.7 Å². The number of nitrogen functional groups attached to an aromatic ring is 1. The molecule has 2 aromatic carbocycles. The fraction of sp³-hybridized carbons (Fsp3) is 0.200. The van der Waals surface area contributed by atoms with Crippen molar-refractivity contribution in [2.45, 2.75) is 6.92 Å². The molecule has 0 amide bonds. The minimum Gasteiger partial charge on any atom is -0.398 e. The van der Waals surface area contributed by atoms with Gasteiger partial charge in [0, 0.05) is 19.8 Å². The zero-order valence-electron chi connectivity index (χ0n) is 11.6. The third-order valence-corrected chi connectivity index (χ3v) is 4.22. The topological polar surface area (TPSA) is 55.0 Å². The summed E-state index contributed by atoms with van der Waals surface area (Å²) >= 11 is 3.53. The van der Waals surface area contributed by atoms with E-state index in [1.165, 1.54) is 0 Å². The van der Waals surface area contributed by atoms with Crippen LogP contribution in [0.2, 0.25) is 0 Å². The van der Waals surface area contributed by atoms with Gasteiger partial charge in [-0.05, 0) is 52.7 Å². The van der Waals surface area contributed by atoms with Crippen LogP contribution in [0.1, 0.15) is 5.56 Å². The number of aromatic nitrogens is 2. The highest BCUT2D eigenvalue weighted by Crippen LogP contribution is 2.32. The van der Waals surface area contributed by atoms with Crippen LogP contribution >= 0.6 is 15.9 Å². The van der Waals surface area contributed by atoms with Crippen molar-refractivity contribution in [3.05, 3.63) is 34.3 Å². The van der Waals surface area contributed by atoms with E-state index in [-0.39, 0.29) is 0 Å². The molecule has 3 rings (SSSR count). The molecule has 1 heterocycles. The summed E-state index contributed by atoms with van der Waals surface area (Å²) in [5.41, 5.74) is 12.3. The third-order valence-electron chi connectivity index (χ3n) is 3.41. The molecule has 0 saturated carbocycles. The lowest BCUT2D eigenvalue weighted by Gasteiger charge is -2.13. The first-order valence-electron chi connectivity index (χ1n) is 6.31. The molecule has 0 unspecified atom stereocenters. The molecule has 4 nitrogen and oxygen atoms in total. The normalized spacial score (nSPS) is 11.2. The SMILES string of the molecule is Cc1cc2nc3ccc(N(C)C)cc3nc2c(Br)c1N. The first-order valence-corrected chi connectivity index (χ1v) is 7.10. The van der Waals surface area contributed by atoms with Crippen molar-refractivity contribution in [3.63, 3.8) is 0 Å². The fourth-order valence-corrected chi connectivity index (χ4v) is 2.78. The average molecular weight is 331 g/mol. The predicted octanol–water partition coefficient (Wildman–Crippen LogP) is 3.50. The lowest BCUT2D eigenvalue weighted by Crippen LogP contribution is -2.08. The van der Waals surface area contributed by atoms with Crippen LogP contribution in [0.25, 0.3) is 22.1 Å². The van der Waals surface area contributed by atoms with Gasteiger partial charge in [-0.1, -0.05) is 0 Å². The maximum absolute atomic E-state index is 6.05. The Labute approximate surface area is 125 Å². The molecule has 0 aliphatic heterocycles. The second-order valence-electron chi connectivity index (χ2n) is 5.08. The number of hydrogen-bond donors (Lipinski definition) is 1. The highest BCUT2D eigenvalue weighted by Gasteiger charge is 2.10. The molecule has 5 heteroatoms. The van der Waals surface area contributed by atoms with Crippen molar-refractivity contribution in [2.24, 2.45) is 0 Å². The Balaban J connectivity index is 2.38. The van der Waals surface area contributed by atoms with Crippen LogP contribution < -0.4 is 10.6 Å². The van der Waals surface area contributed by atoms with Crippen LogP contribution in [-0.4, -0.2) is 24.1 Å². The van der Waals surface area contributed by atoms with Gasteiger partial charge in [-0.3, -0.25) is 0 Å². The van der Waals surface area contributed by atoms with E-state index in [9.17, 15) is 0 Å². The van der Waals surface area contributed by atoms with Gasteiger partial charge in [0.05, 0.1) is 26.7 Å². The molecule has 0 aliphatic carbocycles. The summed E-state index contributed by atoms with van der Waals surface area (Å²) in [5, 5.41) is 0. The van der Waals surface area contributed by atoms with Gasteiger partial charge in [0.2, 0.25) is 0 Å². The number of halogens is 1. The number of nitrogens with zero attached hydrogens (tertiary/aromatic N) is 3. The number of benzene rings is 2. The number of fused-ring (bicyclic) bond motifs is 2. The molecule has 3 aromatic rings. The maximum Gasteiger partial charge on any atom is 0.106 e. The molecule has 0 aliphatic rings. The van der Waals surface area contributed by atoms with Gasteiger partial charge < -0.3 is 10.6 Å². The van der Waals surface area contributed by atoms with Crippen LogP contribution in [0.3, 0.4) is 0 Å². The average Bonchev–Trinajstić information content (AvgIpc) is 2.43. The van der Waals surface area contributed by atoms with Gasteiger partial charge in [-0.2, -0.15) is 0 Å². The summed E-state index contributed by atoms with van der Waals surface area (Å²) in [5.74, 6) is 0. The molecular formula is C15H15BrN4. The zero-order chi connectivity index (χ0) is 14.4. The Kier molecular flexibility index (Phi) is 3.01. The summed E-state index contributed by atoms with van der Waals surface area (Å²) in [4.78, 5) is 11.4. The summed E-state index contributed by atoms with van der Waals surface area (Å²) < 4.78 is 0.817. The van der Waals surface area contributed by atoms with Gasteiger partial charge in [0.15, 0.2) is 0 Å². The second kappa shape index (κ2) is 4.59. The van der Waals surface area contributed by atoms with Gasteiger partial charge in [0.1, 0.15) is 5.52 Å². The number of anilines is 2. The van der Waals surface area contributed by atoms with Crippen LogP contribution in [-0.2, 0) is 0 Å². The van der Waals surface area contributed by atoms with Gasteiger partial charge >= 0.3 is 0 Å². The Morgan fingerprint density at radius 2 is 1.80 bits per heavy atom. The lowest BCUT2D eigenvalue weighted by molar-refractivity contribution is 1.13. The quantitative estimate of drug-likeness (QED) is 0.548. The molecule has 0 atom stereocenters. The van der Waals surface area contributed by atoms with Crippen molar-refractivity contribution in [2.75, 3.05) is 24.7 Å². The van der Waals surface area contributed by atoms with E-state index in [0.29, 0.717) is 0 Å². The summed E-state index contributed by atoms with van der Waals surface area (Å²) in [6.07, 6.45) is 0. The minimum absolute atomic E-state index is 0.718. The third kappa shape index (κ3) is 1.98. The van der Waals surface area contributed by atoms with Crippen molar-refractivity contribution in [3.8, 4) is 0 Å². The number of hydrogen-bond acceptors (Lipinski definition) is 4. The van der Waals surface area contributed by atoms with E-state index >= 15 is 0 Å². The molecule has 102 valence electrons. The van der Waals surface area contributed by atoms with Crippen molar-refractivity contribution in [1.82, 2.24) is 9.97 Å². The van der Waals surface area contributed by atoms with Gasteiger partial charge in [-0.15, -0.1) is 0 Å². The van der Waals surface area contributed by atoms with Crippen molar-refractivity contribution in [1.29, 1.82) is 0 Å². The molecule has 0 radical (unpaired) electrons. The van der Waals surface area contributed by atoms with E-state index in [0.717, 1.165) is 43.5 Å². The molecule has 0 spiro atoms. The number of rotatable bonds is 1. The molecular weight excluding hydrogens is 316 g/mol. The van der Waals surface area contributed by atoms with E-state index < -0.39 is 0 Å². The number of aryl methyl sites for hydroxylation is 1. The maximum atomic E-state index is 6.05. The Bertz CT molecular complexity index is 827. The highest BCUT2D eigenvalue weighted by atomic mass is 79.9. The Morgan fingerprint density at radius 1 is 1.05 bits per heavy atom. The van der Waals surface area contributed by atoms with Crippen LogP contribution in [0.4, 0.5) is 11.4 Å². The highest BCUT2D eigenvalue weighted by molar-refractivity contribution is 9.10. The Morgan fingerprint density at radius 3 is 2.50 bits per heavy atom. The monoisotopic (exact) mass is 330 g/mol. The van der Waals surface area contributed by atoms with Crippen LogP contribution in [0, 0.1) is 6.92 Å². The van der Waals surface area contributed by atoms with Crippen molar-refractivity contribution >= 4 is 49.4 Å². The predicted molar refractivity (Wildman–Crippen MR) is 88.2 cm³/mol. The van der Waals surface area contributed by atoms with Crippen LogP contribution in [0.5, 0.6) is 0 Å². The van der Waals surface area contributed by atoms with E-state index in [2.05, 4.69) is 20.9 Å². The number of nitrogens with two attached hydrogens (primary N) is 1. The first kappa shape index (κ1) is 13.1. The largest absolute Gasteiger partial charge is 0.398 e. The van der Waals surface area contributed by atoms with Gasteiger partial charge in [-0.25, -0.2) is 9.97 Å². The van der Waals surface area contributed by atoms with Crippen LogP contribution in [0.15, 0.2) is 28.7 Å². The van der Waals surface area contributed by atoms with Gasteiger partial charge in [0.25, 0.3) is 0 Å². The molecule has 0 saturated heterocycles. The zero-order valence-corrected chi connectivity index (χ0v) is 13.2. The lowest BCUT2D eigenvalue weighted by atomic mass is 10.1. The second-order valence-corrected chi connectivity index (χ2v) is 5.87. The summed E-state index contributed by atoms with van der Waals surface area (Å²) in [6.45, 7) is 1.97. The molecule has 0 bridgehead atoms.